The molecule has 2 amide bonds. The van der Waals surface area contributed by atoms with Gasteiger partial charge in [0.2, 0.25) is 0 Å². The van der Waals surface area contributed by atoms with Crippen LogP contribution >= 0.6 is 11.3 Å². The van der Waals surface area contributed by atoms with Gasteiger partial charge in [-0.2, -0.15) is 0 Å². The second kappa shape index (κ2) is 8.96. The summed E-state index contributed by atoms with van der Waals surface area (Å²) >= 11 is 1.21. The van der Waals surface area contributed by atoms with Crippen LogP contribution in [-0.2, 0) is 0 Å². The van der Waals surface area contributed by atoms with Crippen LogP contribution in [0.4, 0.5) is 16.4 Å². The van der Waals surface area contributed by atoms with E-state index in [-0.39, 0.29) is 17.6 Å². The first-order valence-corrected chi connectivity index (χ1v) is 10.6. The van der Waals surface area contributed by atoms with Gasteiger partial charge in [0.15, 0.2) is 5.76 Å². The summed E-state index contributed by atoms with van der Waals surface area (Å²) in [6.45, 7) is 0. The molecule has 1 aliphatic carbocycles. The predicted octanol–water partition coefficient (Wildman–Crippen LogP) is 5.59. The van der Waals surface area contributed by atoms with Gasteiger partial charge in [-0.3, -0.25) is 9.59 Å². The van der Waals surface area contributed by atoms with Crippen molar-refractivity contribution in [2.75, 3.05) is 16.0 Å². The molecule has 1 aromatic carbocycles. The van der Waals surface area contributed by atoms with Gasteiger partial charge in [0.25, 0.3) is 11.8 Å². The van der Waals surface area contributed by atoms with Crippen LogP contribution in [0.25, 0.3) is 0 Å². The molecular formula is C22H23N3O3S. The highest BCUT2D eigenvalue weighted by Gasteiger charge is 2.15. The van der Waals surface area contributed by atoms with Crippen LogP contribution in [0.1, 0.15) is 52.3 Å². The number of benzene rings is 1. The molecule has 0 unspecified atom stereocenters. The molecule has 0 atom stereocenters. The fraction of sp³-hybridized carbons (Fsp3) is 0.273. The molecule has 1 aliphatic rings. The molecule has 4 rings (SSSR count). The van der Waals surface area contributed by atoms with E-state index in [4.69, 9.17) is 4.42 Å². The third-order valence-corrected chi connectivity index (χ3v) is 5.93. The molecule has 1 saturated carbocycles. The van der Waals surface area contributed by atoms with Crippen molar-refractivity contribution in [1.82, 2.24) is 0 Å². The van der Waals surface area contributed by atoms with Crippen molar-refractivity contribution in [1.29, 1.82) is 0 Å². The maximum atomic E-state index is 12.5. The molecule has 29 heavy (non-hydrogen) atoms. The van der Waals surface area contributed by atoms with Gasteiger partial charge >= 0.3 is 0 Å². The highest BCUT2D eigenvalue weighted by molar-refractivity contribution is 7.18. The summed E-state index contributed by atoms with van der Waals surface area (Å²) in [7, 11) is 0. The summed E-state index contributed by atoms with van der Waals surface area (Å²) in [5, 5.41) is 9.78. The lowest BCUT2D eigenvalue weighted by atomic mass is 9.95. The number of hydrogen-bond acceptors (Lipinski definition) is 5. The standard InChI is InChI=1S/C22H23N3O3S/c26-21(18-7-4-14-28-18)25-20-13-12-19(29-20)22(27)24-17-10-8-16(9-11-17)23-15-5-2-1-3-6-15/h4,7-15,23H,1-3,5-6H2,(H,24,27)(H,25,26). The largest absolute Gasteiger partial charge is 0.459 e. The van der Waals surface area contributed by atoms with Crippen molar-refractivity contribution in [3.05, 3.63) is 65.4 Å². The molecule has 2 heterocycles. The number of anilines is 3. The Bertz CT molecular complexity index is 958. The molecule has 0 spiro atoms. The second-order valence-corrected chi connectivity index (χ2v) is 8.19. The number of thiophene rings is 1. The maximum Gasteiger partial charge on any atom is 0.291 e. The van der Waals surface area contributed by atoms with Gasteiger partial charge in [-0.1, -0.05) is 19.3 Å². The normalized spacial score (nSPS) is 14.3. The number of amides is 2. The zero-order valence-corrected chi connectivity index (χ0v) is 16.8. The van der Waals surface area contributed by atoms with Crippen molar-refractivity contribution in [2.24, 2.45) is 0 Å². The highest BCUT2D eigenvalue weighted by Crippen LogP contribution is 2.25. The average molecular weight is 410 g/mol. The van der Waals surface area contributed by atoms with E-state index in [1.807, 2.05) is 24.3 Å². The molecule has 6 nitrogen and oxygen atoms in total. The number of nitrogens with one attached hydrogen (secondary N) is 3. The lowest BCUT2D eigenvalue weighted by Gasteiger charge is -2.23. The van der Waals surface area contributed by atoms with Gasteiger partial charge in [0.05, 0.1) is 16.1 Å². The van der Waals surface area contributed by atoms with Crippen LogP contribution in [0.2, 0.25) is 0 Å². The third-order valence-electron chi connectivity index (χ3n) is 4.93. The smallest absolute Gasteiger partial charge is 0.291 e. The number of carbonyl (C=O) groups excluding carboxylic acids is 2. The van der Waals surface area contributed by atoms with Crippen molar-refractivity contribution >= 4 is 39.5 Å². The number of rotatable bonds is 6. The quantitative estimate of drug-likeness (QED) is 0.495. The minimum atomic E-state index is -0.343. The lowest BCUT2D eigenvalue weighted by molar-refractivity contribution is 0.0995. The fourth-order valence-electron chi connectivity index (χ4n) is 3.43. The summed E-state index contributed by atoms with van der Waals surface area (Å²) in [6, 6.07) is 15.0. The molecule has 0 bridgehead atoms. The molecule has 0 radical (unpaired) electrons. The number of furan rings is 1. The van der Waals surface area contributed by atoms with E-state index in [0.29, 0.717) is 15.9 Å². The van der Waals surface area contributed by atoms with E-state index < -0.39 is 0 Å². The van der Waals surface area contributed by atoms with Gasteiger partial charge in [-0.15, -0.1) is 11.3 Å². The zero-order valence-electron chi connectivity index (χ0n) is 15.9. The minimum absolute atomic E-state index is 0.207. The van der Waals surface area contributed by atoms with Crippen molar-refractivity contribution < 1.29 is 14.0 Å². The second-order valence-electron chi connectivity index (χ2n) is 7.11. The molecule has 0 aliphatic heterocycles. The third kappa shape index (κ3) is 5.06. The van der Waals surface area contributed by atoms with E-state index in [1.165, 1.54) is 49.7 Å². The molecule has 150 valence electrons. The lowest BCUT2D eigenvalue weighted by Crippen LogP contribution is -2.22. The molecule has 0 saturated heterocycles. The molecule has 2 aromatic heterocycles. The Hall–Kier alpha value is -3.06. The van der Waals surface area contributed by atoms with Gasteiger partial charge in [0.1, 0.15) is 0 Å². The zero-order chi connectivity index (χ0) is 20.1. The van der Waals surface area contributed by atoms with Crippen LogP contribution < -0.4 is 16.0 Å². The molecule has 3 aromatic rings. The van der Waals surface area contributed by atoms with Crippen LogP contribution in [0, 0.1) is 0 Å². The summed E-state index contributed by atoms with van der Waals surface area (Å²) in [5.74, 6) is -0.322. The Morgan fingerprint density at radius 3 is 2.34 bits per heavy atom. The first kappa shape index (κ1) is 19.3. The molecule has 3 N–H and O–H groups in total. The molecular weight excluding hydrogens is 386 g/mol. The van der Waals surface area contributed by atoms with Gasteiger partial charge < -0.3 is 20.4 Å². The first-order valence-electron chi connectivity index (χ1n) is 9.80. The minimum Gasteiger partial charge on any atom is -0.459 e. The Morgan fingerprint density at radius 2 is 1.62 bits per heavy atom. The average Bonchev–Trinajstić information content (AvgIpc) is 3.42. The summed E-state index contributed by atoms with van der Waals surface area (Å²) in [6.07, 6.45) is 7.79. The monoisotopic (exact) mass is 409 g/mol. The van der Waals surface area contributed by atoms with Gasteiger partial charge in [-0.05, 0) is 61.4 Å². The van der Waals surface area contributed by atoms with E-state index in [0.717, 1.165) is 11.4 Å². The fourth-order valence-corrected chi connectivity index (χ4v) is 4.23. The Balaban J connectivity index is 1.32. The van der Waals surface area contributed by atoms with E-state index >= 15 is 0 Å². The Labute approximate surface area is 173 Å². The Kier molecular flexibility index (Phi) is 5.95. The number of hydrogen-bond donors (Lipinski definition) is 3. The number of carbonyl (C=O) groups is 2. The van der Waals surface area contributed by atoms with Crippen LogP contribution in [0.5, 0.6) is 0 Å². The predicted molar refractivity (Wildman–Crippen MR) is 116 cm³/mol. The molecule has 7 heteroatoms. The van der Waals surface area contributed by atoms with E-state index in [9.17, 15) is 9.59 Å². The van der Waals surface area contributed by atoms with Crippen molar-refractivity contribution in [2.45, 2.75) is 38.1 Å². The van der Waals surface area contributed by atoms with Crippen molar-refractivity contribution in [3.63, 3.8) is 0 Å². The van der Waals surface area contributed by atoms with Gasteiger partial charge in [-0.25, -0.2) is 0 Å². The first-order chi connectivity index (χ1) is 14.2. The SMILES string of the molecule is O=C(Nc1ccc(C(=O)Nc2ccc(NC3CCCCC3)cc2)s1)c1ccco1. The summed E-state index contributed by atoms with van der Waals surface area (Å²) in [4.78, 5) is 25.0. The van der Waals surface area contributed by atoms with E-state index in [1.54, 1.807) is 24.3 Å². The topological polar surface area (TPSA) is 83.4 Å². The highest BCUT2D eigenvalue weighted by atomic mass is 32.1. The van der Waals surface area contributed by atoms with Crippen molar-refractivity contribution in [3.8, 4) is 0 Å². The Morgan fingerprint density at radius 1 is 0.862 bits per heavy atom. The van der Waals surface area contributed by atoms with Crippen LogP contribution in [0.3, 0.4) is 0 Å². The van der Waals surface area contributed by atoms with Gasteiger partial charge in [0, 0.05) is 17.4 Å². The summed E-state index contributed by atoms with van der Waals surface area (Å²) < 4.78 is 5.07. The van der Waals surface area contributed by atoms with Crippen LogP contribution in [-0.4, -0.2) is 17.9 Å². The maximum absolute atomic E-state index is 12.5. The molecule has 1 fully saturated rings. The summed E-state index contributed by atoms with van der Waals surface area (Å²) in [5.41, 5.74) is 1.81. The van der Waals surface area contributed by atoms with E-state index in [2.05, 4.69) is 16.0 Å². The van der Waals surface area contributed by atoms with Crippen LogP contribution in [0.15, 0.2) is 59.2 Å².